The number of hydrogen-bond donors (Lipinski definition) is 1. The molecule has 122 valence electrons. The van der Waals surface area contributed by atoms with Gasteiger partial charge in [-0.3, -0.25) is 9.88 Å². The van der Waals surface area contributed by atoms with Crippen LogP contribution in [0.3, 0.4) is 0 Å². The van der Waals surface area contributed by atoms with Crippen molar-refractivity contribution < 1.29 is 13.2 Å². The first-order chi connectivity index (χ1) is 11.1. The number of piperazine rings is 1. The van der Waals surface area contributed by atoms with Gasteiger partial charge < -0.3 is 5.32 Å². The zero-order valence-electron chi connectivity index (χ0n) is 12.6. The zero-order valence-corrected chi connectivity index (χ0v) is 12.6. The highest BCUT2D eigenvalue weighted by Crippen LogP contribution is 2.33. The van der Waals surface area contributed by atoms with Gasteiger partial charge in [-0.25, -0.2) is 0 Å². The van der Waals surface area contributed by atoms with Crippen molar-refractivity contribution >= 4 is 0 Å². The Morgan fingerprint density at radius 3 is 2.26 bits per heavy atom. The second-order valence-electron chi connectivity index (χ2n) is 5.59. The molecule has 3 nitrogen and oxygen atoms in total. The molecule has 23 heavy (non-hydrogen) atoms. The van der Waals surface area contributed by atoms with Gasteiger partial charge in [-0.05, 0) is 29.3 Å². The number of hydrogen-bond acceptors (Lipinski definition) is 3. The van der Waals surface area contributed by atoms with E-state index in [0.29, 0.717) is 0 Å². The van der Waals surface area contributed by atoms with E-state index in [1.807, 2.05) is 12.1 Å². The molecule has 2 heterocycles. The van der Waals surface area contributed by atoms with Gasteiger partial charge in [-0.1, -0.05) is 18.2 Å². The molecule has 0 radical (unpaired) electrons. The summed E-state index contributed by atoms with van der Waals surface area (Å²) in [6, 6.07) is 9.20. The van der Waals surface area contributed by atoms with Gasteiger partial charge in [0.15, 0.2) is 0 Å². The predicted octanol–water partition coefficient (Wildman–Crippen LogP) is 3.10. The average molecular weight is 321 g/mol. The van der Waals surface area contributed by atoms with Crippen LogP contribution in [-0.4, -0.2) is 36.1 Å². The summed E-state index contributed by atoms with van der Waals surface area (Å²) in [6.45, 7) is 3.44. The van der Waals surface area contributed by atoms with Crippen molar-refractivity contribution in [3.63, 3.8) is 0 Å². The first-order valence-corrected chi connectivity index (χ1v) is 7.57. The van der Waals surface area contributed by atoms with Crippen molar-refractivity contribution in [2.24, 2.45) is 0 Å². The SMILES string of the molecule is FC(F)(F)c1ccc(C(c2cccnc2)N2CCNCC2)cc1. The molecule has 2 aromatic rings. The lowest BCUT2D eigenvalue weighted by Crippen LogP contribution is -2.45. The number of halogens is 3. The zero-order chi connectivity index (χ0) is 16.3. The number of nitrogens with zero attached hydrogens (tertiary/aromatic N) is 2. The first-order valence-electron chi connectivity index (χ1n) is 7.57. The number of rotatable bonds is 3. The lowest BCUT2D eigenvalue weighted by molar-refractivity contribution is -0.137. The average Bonchev–Trinajstić information content (AvgIpc) is 2.57. The second-order valence-corrected chi connectivity index (χ2v) is 5.59. The molecule has 1 aromatic carbocycles. The fourth-order valence-electron chi connectivity index (χ4n) is 2.95. The van der Waals surface area contributed by atoms with Crippen molar-refractivity contribution in [3.05, 3.63) is 65.5 Å². The van der Waals surface area contributed by atoms with E-state index in [2.05, 4.69) is 15.2 Å². The lowest BCUT2D eigenvalue weighted by Gasteiger charge is -2.35. The summed E-state index contributed by atoms with van der Waals surface area (Å²) >= 11 is 0. The smallest absolute Gasteiger partial charge is 0.314 e. The molecule has 1 aromatic heterocycles. The normalized spacial score (nSPS) is 17.9. The molecule has 1 atom stereocenters. The Labute approximate surface area is 133 Å². The standard InChI is InChI=1S/C17H18F3N3/c18-17(19,20)15-5-3-13(4-6-15)16(14-2-1-7-22-12-14)23-10-8-21-9-11-23/h1-7,12,16,21H,8-11H2. The Morgan fingerprint density at radius 2 is 1.70 bits per heavy atom. The van der Waals surface area contributed by atoms with Crippen molar-refractivity contribution in [2.45, 2.75) is 12.2 Å². The maximum Gasteiger partial charge on any atom is 0.416 e. The Hall–Kier alpha value is -1.92. The quantitative estimate of drug-likeness (QED) is 0.941. The minimum atomic E-state index is -4.31. The minimum absolute atomic E-state index is 0.0758. The fraction of sp³-hybridized carbons (Fsp3) is 0.353. The van der Waals surface area contributed by atoms with Gasteiger partial charge in [-0.2, -0.15) is 13.2 Å². The molecule has 1 unspecified atom stereocenters. The van der Waals surface area contributed by atoms with Gasteiger partial charge in [-0.15, -0.1) is 0 Å². The largest absolute Gasteiger partial charge is 0.416 e. The molecule has 0 spiro atoms. The van der Waals surface area contributed by atoms with E-state index in [4.69, 9.17) is 0 Å². The topological polar surface area (TPSA) is 28.2 Å². The molecule has 0 aliphatic carbocycles. The van der Waals surface area contributed by atoms with Crippen LogP contribution >= 0.6 is 0 Å². The van der Waals surface area contributed by atoms with Gasteiger partial charge in [0.05, 0.1) is 11.6 Å². The summed E-state index contributed by atoms with van der Waals surface area (Å²) in [7, 11) is 0. The van der Waals surface area contributed by atoms with E-state index in [9.17, 15) is 13.2 Å². The molecular weight excluding hydrogens is 303 g/mol. The molecule has 1 N–H and O–H groups in total. The van der Waals surface area contributed by atoms with E-state index in [0.717, 1.165) is 49.4 Å². The van der Waals surface area contributed by atoms with Crippen molar-refractivity contribution in [1.29, 1.82) is 0 Å². The van der Waals surface area contributed by atoms with Gasteiger partial charge in [0.2, 0.25) is 0 Å². The number of alkyl halides is 3. The highest BCUT2D eigenvalue weighted by Gasteiger charge is 2.31. The molecule has 6 heteroatoms. The third-order valence-electron chi connectivity index (χ3n) is 4.07. The number of pyridine rings is 1. The van der Waals surface area contributed by atoms with E-state index in [1.165, 1.54) is 0 Å². The Morgan fingerprint density at radius 1 is 1.00 bits per heavy atom. The van der Waals surface area contributed by atoms with E-state index in [1.54, 1.807) is 24.5 Å². The highest BCUT2D eigenvalue weighted by molar-refractivity contribution is 5.33. The summed E-state index contributed by atoms with van der Waals surface area (Å²) in [5, 5.41) is 3.30. The summed E-state index contributed by atoms with van der Waals surface area (Å²) < 4.78 is 38.3. The monoisotopic (exact) mass is 321 g/mol. The Kier molecular flexibility index (Phi) is 4.63. The van der Waals surface area contributed by atoms with Crippen LogP contribution in [-0.2, 0) is 6.18 Å². The van der Waals surface area contributed by atoms with Crippen molar-refractivity contribution in [2.75, 3.05) is 26.2 Å². The summed E-state index contributed by atoms with van der Waals surface area (Å²) in [4.78, 5) is 6.43. The number of aromatic nitrogens is 1. The molecule has 0 saturated carbocycles. The van der Waals surface area contributed by atoms with Gasteiger partial charge in [0, 0.05) is 38.6 Å². The second kappa shape index (κ2) is 6.68. The maximum absolute atomic E-state index is 12.8. The highest BCUT2D eigenvalue weighted by atomic mass is 19.4. The van der Waals surface area contributed by atoms with Crippen LogP contribution < -0.4 is 5.32 Å². The minimum Gasteiger partial charge on any atom is -0.314 e. The summed E-state index contributed by atoms with van der Waals surface area (Å²) in [6.07, 6.45) is -0.827. The summed E-state index contributed by atoms with van der Waals surface area (Å²) in [5.74, 6) is 0. The van der Waals surface area contributed by atoms with Gasteiger partial charge in [0.25, 0.3) is 0 Å². The van der Waals surface area contributed by atoms with E-state index < -0.39 is 11.7 Å². The molecule has 1 saturated heterocycles. The Balaban J connectivity index is 1.94. The van der Waals surface area contributed by atoms with Crippen LogP contribution in [0.5, 0.6) is 0 Å². The Bertz CT molecular complexity index is 620. The molecule has 1 aliphatic heterocycles. The molecule has 1 fully saturated rings. The van der Waals surface area contributed by atoms with E-state index >= 15 is 0 Å². The molecule has 0 amide bonds. The van der Waals surface area contributed by atoms with Crippen LogP contribution in [0, 0.1) is 0 Å². The fourth-order valence-corrected chi connectivity index (χ4v) is 2.95. The van der Waals surface area contributed by atoms with E-state index in [-0.39, 0.29) is 6.04 Å². The predicted molar refractivity (Wildman–Crippen MR) is 82.0 cm³/mol. The third-order valence-corrected chi connectivity index (χ3v) is 4.07. The lowest BCUT2D eigenvalue weighted by atomic mass is 9.96. The third kappa shape index (κ3) is 3.71. The van der Waals surface area contributed by atoms with Gasteiger partial charge >= 0.3 is 6.18 Å². The van der Waals surface area contributed by atoms with Crippen LogP contribution in [0.15, 0.2) is 48.8 Å². The van der Waals surface area contributed by atoms with Crippen LogP contribution in [0.25, 0.3) is 0 Å². The molecular formula is C17H18F3N3. The maximum atomic E-state index is 12.8. The first kappa shape index (κ1) is 16.0. The molecule has 1 aliphatic rings. The number of nitrogens with one attached hydrogen (secondary N) is 1. The van der Waals surface area contributed by atoms with Crippen LogP contribution in [0.2, 0.25) is 0 Å². The van der Waals surface area contributed by atoms with Crippen molar-refractivity contribution in [3.8, 4) is 0 Å². The summed E-state index contributed by atoms with van der Waals surface area (Å²) in [5.41, 5.74) is 1.23. The molecule has 0 bridgehead atoms. The van der Waals surface area contributed by atoms with Crippen molar-refractivity contribution in [1.82, 2.24) is 15.2 Å². The van der Waals surface area contributed by atoms with Gasteiger partial charge in [0.1, 0.15) is 0 Å². The number of benzene rings is 1. The molecule has 3 rings (SSSR count). The van der Waals surface area contributed by atoms with Crippen LogP contribution in [0.1, 0.15) is 22.7 Å². The van der Waals surface area contributed by atoms with Crippen LogP contribution in [0.4, 0.5) is 13.2 Å².